The van der Waals surface area contributed by atoms with E-state index in [2.05, 4.69) is 0 Å². The Kier molecular flexibility index (Phi) is 10.1. The minimum Gasteiger partial charge on any atom is -0.394 e. The summed E-state index contributed by atoms with van der Waals surface area (Å²) < 4.78 is 31.9. The van der Waals surface area contributed by atoms with Crippen LogP contribution in [0, 0.1) is 0 Å². The first kappa shape index (κ1) is 28.9. The smallest absolute Gasteiger partial charge is 0.187 e. The molecule has 3 rings (SSSR count). The molecule has 3 aliphatic heterocycles. The van der Waals surface area contributed by atoms with E-state index >= 15 is 0 Å². The quantitative estimate of drug-likeness (QED) is 0.143. The van der Waals surface area contributed by atoms with Gasteiger partial charge in [0, 0.05) is 7.11 Å². The van der Waals surface area contributed by atoms with E-state index in [4.69, 9.17) is 28.4 Å². The van der Waals surface area contributed by atoms with Gasteiger partial charge in [-0.25, -0.2) is 0 Å². The molecule has 15 atom stereocenters. The van der Waals surface area contributed by atoms with Crippen LogP contribution in [0.25, 0.3) is 0 Å². The van der Waals surface area contributed by atoms with E-state index in [0.717, 1.165) is 0 Å². The van der Waals surface area contributed by atoms with E-state index in [1.807, 2.05) is 0 Å². The van der Waals surface area contributed by atoms with E-state index < -0.39 is 112 Å². The van der Waals surface area contributed by atoms with E-state index in [0.29, 0.717) is 0 Å². The number of aliphatic hydroxyl groups is 10. The number of hydrogen-bond acceptors (Lipinski definition) is 16. The maximum atomic E-state index is 10.7. The molecule has 0 bridgehead atoms. The van der Waals surface area contributed by atoms with Gasteiger partial charge in [0.1, 0.15) is 73.2 Å². The Morgan fingerprint density at radius 2 is 0.857 bits per heavy atom. The molecule has 3 saturated heterocycles. The molecule has 0 aromatic carbocycles. The second-order valence-electron chi connectivity index (χ2n) is 8.55. The van der Waals surface area contributed by atoms with Gasteiger partial charge in [-0.2, -0.15) is 0 Å². The molecule has 35 heavy (non-hydrogen) atoms. The molecule has 0 aliphatic carbocycles. The van der Waals surface area contributed by atoms with Crippen LogP contribution in [0.1, 0.15) is 0 Å². The zero-order valence-electron chi connectivity index (χ0n) is 18.7. The third kappa shape index (κ3) is 5.78. The second kappa shape index (κ2) is 12.3. The average molecular weight is 518 g/mol. The van der Waals surface area contributed by atoms with Crippen LogP contribution >= 0.6 is 0 Å². The molecule has 0 aromatic rings. The van der Waals surface area contributed by atoms with Crippen molar-refractivity contribution < 1.29 is 79.5 Å². The van der Waals surface area contributed by atoms with Crippen LogP contribution in [0.4, 0.5) is 0 Å². The summed E-state index contributed by atoms with van der Waals surface area (Å²) in [7, 11) is 1.21. The minimum absolute atomic E-state index is 0.675. The van der Waals surface area contributed by atoms with Crippen LogP contribution in [0.3, 0.4) is 0 Å². The largest absolute Gasteiger partial charge is 0.394 e. The predicted octanol–water partition coefficient (Wildman–Crippen LogP) is -6.92. The summed E-state index contributed by atoms with van der Waals surface area (Å²) >= 11 is 0. The Bertz CT molecular complexity index is 650. The van der Waals surface area contributed by atoms with E-state index in [1.165, 1.54) is 7.11 Å². The summed E-state index contributed by atoms with van der Waals surface area (Å²) in [5.74, 6) is 0. The third-order valence-corrected chi connectivity index (χ3v) is 6.30. The van der Waals surface area contributed by atoms with Crippen molar-refractivity contribution in [3.05, 3.63) is 0 Å². The fraction of sp³-hybridized carbons (Fsp3) is 1.00. The molecule has 10 N–H and O–H groups in total. The van der Waals surface area contributed by atoms with Crippen molar-refractivity contribution in [3.63, 3.8) is 0 Å². The molecule has 3 heterocycles. The molecule has 3 fully saturated rings. The SMILES string of the molecule is CO[C@H]1O[C@H](CO)[C@@H](O[C@H]2O[C@H](CO)[C@@H](O[C@H]3O[C@H](CO)[C@@H](O)[C@H](O)[C@H]3O)[C@H](O)[C@H]2O)[C@H](O)[C@H]1O. The first-order valence-corrected chi connectivity index (χ1v) is 11.0. The van der Waals surface area contributed by atoms with Gasteiger partial charge in [-0.05, 0) is 0 Å². The maximum absolute atomic E-state index is 10.7. The van der Waals surface area contributed by atoms with Crippen molar-refractivity contribution in [3.8, 4) is 0 Å². The molecule has 3 aliphatic rings. The Morgan fingerprint density at radius 3 is 1.29 bits per heavy atom. The minimum atomic E-state index is -1.88. The lowest BCUT2D eigenvalue weighted by Gasteiger charge is -2.48. The highest BCUT2D eigenvalue weighted by molar-refractivity contribution is 4.96. The van der Waals surface area contributed by atoms with Crippen LogP contribution in [0.5, 0.6) is 0 Å². The first-order valence-electron chi connectivity index (χ1n) is 11.0. The predicted molar refractivity (Wildman–Crippen MR) is 106 cm³/mol. The number of rotatable bonds is 8. The van der Waals surface area contributed by atoms with Crippen molar-refractivity contribution in [1.82, 2.24) is 0 Å². The molecule has 0 saturated carbocycles. The maximum Gasteiger partial charge on any atom is 0.187 e. The molecule has 0 spiro atoms. The van der Waals surface area contributed by atoms with Gasteiger partial charge in [0.25, 0.3) is 0 Å². The molecule has 0 unspecified atom stereocenters. The summed E-state index contributed by atoms with van der Waals surface area (Å²) in [6.45, 7) is -2.21. The van der Waals surface area contributed by atoms with E-state index in [9.17, 15) is 51.1 Å². The Morgan fingerprint density at radius 1 is 0.486 bits per heavy atom. The highest BCUT2D eigenvalue weighted by Gasteiger charge is 2.53. The van der Waals surface area contributed by atoms with Gasteiger partial charge in [0.05, 0.1) is 19.8 Å². The van der Waals surface area contributed by atoms with E-state index in [1.54, 1.807) is 0 Å². The summed E-state index contributed by atoms with van der Waals surface area (Å²) in [6, 6.07) is 0. The van der Waals surface area contributed by atoms with Crippen LogP contribution in [0.15, 0.2) is 0 Å². The lowest BCUT2D eigenvalue weighted by molar-refractivity contribution is -0.378. The Labute approximate surface area is 199 Å². The van der Waals surface area contributed by atoms with Gasteiger partial charge in [-0.3, -0.25) is 0 Å². The first-order chi connectivity index (χ1) is 16.6. The summed E-state index contributed by atoms with van der Waals surface area (Å²) in [5, 5.41) is 100. The van der Waals surface area contributed by atoms with Crippen LogP contribution < -0.4 is 0 Å². The highest BCUT2D eigenvalue weighted by Crippen LogP contribution is 2.32. The average Bonchev–Trinajstić information content (AvgIpc) is 2.86. The summed E-state index contributed by atoms with van der Waals surface area (Å²) in [4.78, 5) is 0. The molecule has 0 radical (unpaired) electrons. The summed E-state index contributed by atoms with van der Waals surface area (Å²) in [6.07, 6.45) is -23.8. The standard InChI is InChI=1S/C19H34O16/c1-30-17-13(28)10(25)15(6(3-21)32-17)35-19-14(29)11(26)16(7(4-22)33-19)34-18-12(27)9(24)8(23)5(2-20)31-18/h5-29H,2-4H2,1H3/t5-,6-,7-,8-,9+,10-,11-,12-,13-,14-,15-,16-,17+,18-,19-/m1/s1. The van der Waals surface area contributed by atoms with Crippen molar-refractivity contribution in [2.75, 3.05) is 26.9 Å². The number of methoxy groups -OCH3 is 1. The zero-order valence-corrected chi connectivity index (χ0v) is 18.7. The van der Waals surface area contributed by atoms with Gasteiger partial charge < -0.3 is 79.5 Å². The van der Waals surface area contributed by atoms with Gasteiger partial charge >= 0.3 is 0 Å². The van der Waals surface area contributed by atoms with Gasteiger partial charge in [0.2, 0.25) is 0 Å². The number of hydrogen-bond donors (Lipinski definition) is 10. The third-order valence-electron chi connectivity index (χ3n) is 6.30. The fourth-order valence-electron chi connectivity index (χ4n) is 4.24. The second-order valence-corrected chi connectivity index (χ2v) is 8.55. The van der Waals surface area contributed by atoms with Crippen LogP contribution in [-0.2, 0) is 28.4 Å². The number of ether oxygens (including phenoxy) is 6. The molecule has 16 heteroatoms. The molecule has 0 amide bonds. The topological polar surface area (TPSA) is 258 Å². The zero-order chi connectivity index (χ0) is 26.0. The fourth-order valence-corrected chi connectivity index (χ4v) is 4.24. The number of aliphatic hydroxyl groups excluding tert-OH is 10. The monoisotopic (exact) mass is 518 g/mol. The van der Waals surface area contributed by atoms with Crippen molar-refractivity contribution in [2.24, 2.45) is 0 Å². The lowest BCUT2D eigenvalue weighted by Crippen LogP contribution is -2.66. The molecule has 16 nitrogen and oxygen atoms in total. The highest BCUT2D eigenvalue weighted by atomic mass is 16.8. The van der Waals surface area contributed by atoms with Crippen LogP contribution in [0.2, 0.25) is 0 Å². The molecular weight excluding hydrogens is 484 g/mol. The van der Waals surface area contributed by atoms with Gasteiger partial charge in [-0.1, -0.05) is 0 Å². The van der Waals surface area contributed by atoms with E-state index in [-0.39, 0.29) is 0 Å². The molecule has 0 aromatic heterocycles. The Hall–Kier alpha value is -0.640. The van der Waals surface area contributed by atoms with Gasteiger partial charge in [0.15, 0.2) is 18.9 Å². The van der Waals surface area contributed by atoms with Crippen molar-refractivity contribution in [1.29, 1.82) is 0 Å². The normalized spacial score (nSPS) is 51.3. The Balaban J connectivity index is 1.72. The summed E-state index contributed by atoms with van der Waals surface area (Å²) in [5.41, 5.74) is 0. The van der Waals surface area contributed by atoms with Crippen LogP contribution in [-0.4, -0.2) is 170 Å². The van der Waals surface area contributed by atoms with Crippen molar-refractivity contribution in [2.45, 2.75) is 92.1 Å². The lowest BCUT2D eigenvalue weighted by atomic mass is 9.96. The van der Waals surface area contributed by atoms with Gasteiger partial charge in [-0.15, -0.1) is 0 Å². The van der Waals surface area contributed by atoms with Crippen molar-refractivity contribution >= 4 is 0 Å². The molecule has 206 valence electrons. The molecular formula is C19H34O16.